The molecule has 0 saturated heterocycles. The summed E-state index contributed by atoms with van der Waals surface area (Å²) >= 11 is 0. The number of anilines is 3. The van der Waals surface area contributed by atoms with Crippen LogP contribution in [0.2, 0.25) is 0 Å². The highest BCUT2D eigenvalue weighted by molar-refractivity contribution is 5.78. The summed E-state index contributed by atoms with van der Waals surface area (Å²) in [4.78, 5) is 6.49. The van der Waals surface area contributed by atoms with Crippen LogP contribution >= 0.6 is 0 Å². The fourth-order valence-electron chi connectivity index (χ4n) is 2.81. The maximum atomic E-state index is 4.01. The number of nitrogens with zero attached hydrogens (tertiary/aromatic N) is 3. The number of para-hydroxylation sites is 2. The molecule has 0 amide bonds. The Balaban J connectivity index is 2.18. The second-order valence-electron chi connectivity index (χ2n) is 6.51. The molecule has 2 aromatic carbocycles. The molecule has 0 atom stereocenters. The summed E-state index contributed by atoms with van der Waals surface area (Å²) in [6, 6.07) is 17.2. The number of aryl methyl sites for hydroxylation is 1. The molecule has 0 fully saturated rings. The molecule has 24 heavy (non-hydrogen) atoms. The van der Waals surface area contributed by atoms with E-state index < -0.39 is 0 Å². The van der Waals surface area contributed by atoms with Crippen LogP contribution in [-0.4, -0.2) is 39.6 Å². The topological polar surface area (TPSA) is 9.72 Å². The van der Waals surface area contributed by atoms with Crippen LogP contribution in [0.4, 0.5) is 17.1 Å². The second kappa shape index (κ2) is 8.55. The lowest BCUT2D eigenvalue weighted by Gasteiger charge is -2.26. The van der Waals surface area contributed by atoms with Gasteiger partial charge in [-0.2, -0.15) is 0 Å². The third-order valence-electron chi connectivity index (χ3n) is 4.09. The summed E-state index contributed by atoms with van der Waals surface area (Å²) in [5.74, 6) is 0. The number of rotatable bonds is 8. The van der Waals surface area contributed by atoms with Crippen molar-refractivity contribution in [3.63, 3.8) is 0 Å². The first kappa shape index (κ1) is 18.1. The molecule has 0 heterocycles. The van der Waals surface area contributed by atoms with Crippen molar-refractivity contribution in [2.75, 3.05) is 44.5 Å². The van der Waals surface area contributed by atoms with Crippen LogP contribution in [0.3, 0.4) is 0 Å². The van der Waals surface area contributed by atoms with Crippen molar-refractivity contribution in [2.24, 2.45) is 0 Å². The third kappa shape index (κ3) is 4.62. The zero-order chi connectivity index (χ0) is 17.5. The Hall–Kier alpha value is -2.26. The van der Waals surface area contributed by atoms with Gasteiger partial charge in [-0.15, -0.1) is 0 Å². The van der Waals surface area contributed by atoms with E-state index in [1.54, 1.807) is 0 Å². The van der Waals surface area contributed by atoms with Crippen LogP contribution in [-0.2, 0) is 6.42 Å². The average Bonchev–Trinajstić information content (AvgIpc) is 2.57. The minimum Gasteiger partial charge on any atom is -0.376 e. The minimum absolute atomic E-state index is 1.11. The standard InChI is InChI=1S/C21H29N3/c1-6-24(21-12-8-7-11-20(21)23(4)5)19-15-13-18(14-16-19)10-9-17-22(2)3/h6-8,11-16H,1,9-10,17H2,2-5H3. The predicted molar refractivity (Wildman–Crippen MR) is 106 cm³/mol. The van der Waals surface area contributed by atoms with E-state index in [1.807, 2.05) is 6.20 Å². The van der Waals surface area contributed by atoms with Gasteiger partial charge in [-0.05, 0) is 63.3 Å². The highest BCUT2D eigenvalue weighted by Gasteiger charge is 2.11. The molecule has 0 aliphatic rings. The Morgan fingerprint density at radius 3 is 2.04 bits per heavy atom. The zero-order valence-electron chi connectivity index (χ0n) is 15.4. The Morgan fingerprint density at radius 1 is 0.875 bits per heavy atom. The summed E-state index contributed by atoms with van der Waals surface area (Å²) in [5.41, 5.74) is 4.83. The van der Waals surface area contributed by atoms with Crippen molar-refractivity contribution in [3.05, 3.63) is 66.9 Å². The molecule has 2 aromatic rings. The van der Waals surface area contributed by atoms with Gasteiger partial charge in [-0.3, -0.25) is 0 Å². The van der Waals surface area contributed by atoms with Crippen molar-refractivity contribution in [1.82, 2.24) is 4.90 Å². The molecule has 3 heteroatoms. The van der Waals surface area contributed by atoms with Gasteiger partial charge in [0.25, 0.3) is 0 Å². The first-order chi connectivity index (χ1) is 11.5. The van der Waals surface area contributed by atoms with Crippen molar-refractivity contribution in [2.45, 2.75) is 12.8 Å². The van der Waals surface area contributed by atoms with E-state index in [0.717, 1.165) is 24.3 Å². The molecule has 128 valence electrons. The predicted octanol–water partition coefficient (Wildman–Crippen LogP) is 4.53. The monoisotopic (exact) mass is 323 g/mol. The molecule has 0 N–H and O–H groups in total. The highest BCUT2D eigenvalue weighted by Crippen LogP contribution is 2.33. The van der Waals surface area contributed by atoms with Gasteiger partial charge in [0, 0.05) is 26.0 Å². The van der Waals surface area contributed by atoms with Gasteiger partial charge < -0.3 is 14.7 Å². The van der Waals surface area contributed by atoms with Gasteiger partial charge in [0.15, 0.2) is 0 Å². The van der Waals surface area contributed by atoms with Gasteiger partial charge in [0.2, 0.25) is 0 Å². The lowest BCUT2D eigenvalue weighted by Crippen LogP contribution is -2.15. The van der Waals surface area contributed by atoms with Crippen molar-refractivity contribution < 1.29 is 0 Å². The first-order valence-corrected chi connectivity index (χ1v) is 8.44. The molecule has 0 radical (unpaired) electrons. The Morgan fingerprint density at radius 2 is 1.50 bits per heavy atom. The molecule has 2 rings (SSSR count). The molecular formula is C21H29N3. The van der Waals surface area contributed by atoms with E-state index in [2.05, 4.69) is 98.0 Å². The summed E-state index contributed by atoms with van der Waals surface area (Å²) in [6.07, 6.45) is 4.17. The van der Waals surface area contributed by atoms with Gasteiger partial charge >= 0.3 is 0 Å². The highest BCUT2D eigenvalue weighted by atomic mass is 15.2. The molecular weight excluding hydrogens is 294 g/mol. The summed E-state index contributed by atoms with van der Waals surface area (Å²) in [5, 5.41) is 0. The van der Waals surface area contributed by atoms with Crippen molar-refractivity contribution >= 4 is 17.1 Å². The molecule has 0 saturated carbocycles. The molecule has 0 spiro atoms. The Bertz CT molecular complexity index is 644. The molecule has 0 aliphatic heterocycles. The smallest absolute Gasteiger partial charge is 0.0689 e. The number of hydrogen-bond acceptors (Lipinski definition) is 3. The van der Waals surface area contributed by atoms with E-state index in [0.29, 0.717) is 0 Å². The van der Waals surface area contributed by atoms with Crippen LogP contribution in [0.1, 0.15) is 12.0 Å². The van der Waals surface area contributed by atoms with Gasteiger partial charge in [0.05, 0.1) is 11.4 Å². The summed E-state index contributed by atoms with van der Waals surface area (Å²) < 4.78 is 0. The molecule has 0 aromatic heterocycles. The Kier molecular flexibility index (Phi) is 6.44. The van der Waals surface area contributed by atoms with E-state index >= 15 is 0 Å². The Labute approximate surface area is 146 Å². The van der Waals surface area contributed by atoms with Crippen LogP contribution in [0, 0.1) is 0 Å². The molecule has 0 aliphatic carbocycles. The molecule has 3 nitrogen and oxygen atoms in total. The fraction of sp³-hybridized carbons (Fsp3) is 0.333. The molecule has 0 unspecified atom stereocenters. The quantitative estimate of drug-likeness (QED) is 0.707. The van der Waals surface area contributed by atoms with E-state index in [-0.39, 0.29) is 0 Å². The minimum atomic E-state index is 1.11. The van der Waals surface area contributed by atoms with Crippen molar-refractivity contribution in [1.29, 1.82) is 0 Å². The average molecular weight is 323 g/mol. The normalized spacial score (nSPS) is 10.7. The first-order valence-electron chi connectivity index (χ1n) is 8.44. The van der Waals surface area contributed by atoms with E-state index in [1.165, 1.54) is 17.7 Å². The van der Waals surface area contributed by atoms with Gasteiger partial charge in [0.1, 0.15) is 0 Å². The lowest BCUT2D eigenvalue weighted by molar-refractivity contribution is 0.400. The second-order valence-corrected chi connectivity index (χ2v) is 6.51. The van der Waals surface area contributed by atoms with Crippen LogP contribution in [0.25, 0.3) is 0 Å². The van der Waals surface area contributed by atoms with Gasteiger partial charge in [-0.25, -0.2) is 0 Å². The lowest BCUT2D eigenvalue weighted by atomic mass is 10.1. The summed E-state index contributed by atoms with van der Waals surface area (Å²) in [6.45, 7) is 5.13. The van der Waals surface area contributed by atoms with Crippen molar-refractivity contribution in [3.8, 4) is 0 Å². The van der Waals surface area contributed by atoms with E-state index in [4.69, 9.17) is 0 Å². The van der Waals surface area contributed by atoms with Crippen LogP contribution in [0.15, 0.2) is 61.3 Å². The maximum absolute atomic E-state index is 4.01. The van der Waals surface area contributed by atoms with E-state index in [9.17, 15) is 0 Å². The van der Waals surface area contributed by atoms with Gasteiger partial charge in [-0.1, -0.05) is 30.8 Å². The maximum Gasteiger partial charge on any atom is 0.0689 e. The summed E-state index contributed by atoms with van der Waals surface area (Å²) in [7, 11) is 8.36. The fourth-order valence-corrected chi connectivity index (χ4v) is 2.81. The SMILES string of the molecule is C=CN(c1ccc(CCCN(C)C)cc1)c1ccccc1N(C)C. The molecule has 0 bridgehead atoms. The van der Waals surface area contributed by atoms with Crippen LogP contribution in [0.5, 0.6) is 0 Å². The largest absolute Gasteiger partial charge is 0.376 e. The van der Waals surface area contributed by atoms with Crippen LogP contribution < -0.4 is 9.80 Å². The number of benzene rings is 2. The third-order valence-corrected chi connectivity index (χ3v) is 4.09. The number of hydrogen-bond donors (Lipinski definition) is 0. The zero-order valence-corrected chi connectivity index (χ0v) is 15.4.